The summed E-state index contributed by atoms with van der Waals surface area (Å²) in [4.78, 5) is 44.8. The first-order valence-electron chi connectivity index (χ1n) is 10.1. The van der Waals surface area contributed by atoms with Crippen molar-refractivity contribution >= 4 is 40.3 Å². The molecule has 0 saturated carbocycles. The lowest BCUT2D eigenvalue weighted by molar-refractivity contribution is 0.0600. The molecule has 0 spiro atoms. The zero-order chi connectivity index (χ0) is 23.3. The summed E-state index contributed by atoms with van der Waals surface area (Å²) in [5.41, 5.74) is 2.02. The number of fused-ring (bicyclic) bond motifs is 2. The van der Waals surface area contributed by atoms with Crippen LogP contribution in [0.4, 0.5) is 5.82 Å². The maximum atomic E-state index is 13.6. The number of hydrogen-bond acceptors (Lipinski definition) is 6. The van der Waals surface area contributed by atoms with Crippen LogP contribution in [-0.4, -0.2) is 24.0 Å². The number of amides is 1. The van der Waals surface area contributed by atoms with Crippen molar-refractivity contribution in [1.82, 2.24) is 4.98 Å². The maximum absolute atomic E-state index is 13.6. The first-order chi connectivity index (χ1) is 15.9. The lowest BCUT2D eigenvalue weighted by Crippen LogP contribution is -2.30. The molecule has 164 valence electrons. The van der Waals surface area contributed by atoms with Crippen LogP contribution in [0.25, 0.3) is 11.0 Å². The van der Waals surface area contributed by atoms with E-state index in [-0.39, 0.29) is 27.7 Å². The number of benzene rings is 2. The Balaban J connectivity index is 1.76. The van der Waals surface area contributed by atoms with Gasteiger partial charge in [0.15, 0.2) is 5.43 Å². The number of carbonyl (C=O) groups excluding carboxylic acids is 2. The van der Waals surface area contributed by atoms with Gasteiger partial charge >= 0.3 is 5.97 Å². The third kappa shape index (κ3) is 3.37. The molecular weight excluding hydrogens is 444 g/mol. The summed E-state index contributed by atoms with van der Waals surface area (Å²) >= 11 is 6.11. The predicted octanol–water partition coefficient (Wildman–Crippen LogP) is 4.69. The molecule has 0 saturated heterocycles. The summed E-state index contributed by atoms with van der Waals surface area (Å²) in [6.07, 6.45) is 1.65. The molecule has 0 fully saturated rings. The molecule has 0 aliphatic carbocycles. The summed E-state index contributed by atoms with van der Waals surface area (Å²) < 4.78 is 10.7. The minimum Gasteiger partial charge on any atom is -0.465 e. The van der Waals surface area contributed by atoms with Crippen molar-refractivity contribution in [2.75, 3.05) is 12.0 Å². The number of rotatable bonds is 3. The van der Waals surface area contributed by atoms with Gasteiger partial charge < -0.3 is 9.15 Å². The summed E-state index contributed by atoms with van der Waals surface area (Å²) in [6.45, 7) is 1.89. The van der Waals surface area contributed by atoms with Gasteiger partial charge in [-0.1, -0.05) is 29.8 Å². The zero-order valence-corrected chi connectivity index (χ0v) is 18.4. The lowest BCUT2D eigenvalue weighted by Gasteiger charge is -2.24. The Morgan fingerprint density at radius 2 is 1.85 bits per heavy atom. The Kier molecular flexibility index (Phi) is 4.98. The number of hydrogen-bond donors (Lipinski definition) is 0. The number of methoxy groups -OCH3 is 1. The fourth-order valence-electron chi connectivity index (χ4n) is 4.02. The number of ether oxygens (including phenoxy) is 1. The van der Waals surface area contributed by atoms with Crippen molar-refractivity contribution in [2.45, 2.75) is 13.0 Å². The summed E-state index contributed by atoms with van der Waals surface area (Å²) in [7, 11) is 1.30. The molecule has 1 aliphatic rings. The van der Waals surface area contributed by atoms with E-state index in [4.69, 9.17) is 20.8 Å². The van der Waals surface area contributed by atoms with Crippen LogP contribution in [0.5, 0.6) is 0 Å². The van der Waals surface area contributed by atoms with E-state index in [2.05, 4.69) is 4.98 Å². The van der Waals surface area contributed by atoms with E-state index in [0.717, 1.165) is 5.56 Å². The number of anilines is 1. The van der Waals surface area contributed by atoms with E-state index in [1.807, 2.05) is 13.0 Å². The van der Waals surface area contributed by atoms with Gasteiger partial charge in [0.2, 0.25) is 5.76 Å². The van der Waals surface area contributed by atoms with Crippen LogP contribution < -0.4 is 10.3 Å². The molecule has 0 bridgehead atoms. The van der Waals surface area contributed by atoms with Gasteiger partial charge in [-0.05, 0) is 54.4 Å². The first-order valence-corrected chi connectivity index (χ1v) is 10.5. The topological polar surface area (TPSA) is 89.7 Å². The van der Waals surface area contributed by atoms with E-state index in [0.29, 0.717) is 22.0 Å². The average molecular weight is 461 g/mol. The van der Waals surface area contributed by atoms with Crippen molar-refractivity contribution in [3.63, 3.8) is 0 Å². The molecular formula is C25H17ClN2O5. The van der Waals surface area contributed by atoms with Gasteiger partial charge in [0.1, 0.15) is 11.4 Å². The van der Waals surface area contributed by atoms with Crippen LogP contribution in [0.1, 0.15) is 43.6 Å². The lowest BCUT2D eigenvalue weighted by atomic mass is 9.97. The molecule has 33 heavy (non-hydrogen) atoms. The smallest absolute Gasteiger partial charge is 0.337 e. The normalized spacial score (nSPS) is 15.1. The Morgan fingerprint density at radius 3 is 2.52 bits per heavy atom. The third-order valence-corrected chi connectivity index (χ3v) is 5.86. The molecule has 1 aliphatic heterocycles. The monoisotopic (exact) mass is 460 g/mol. The molecule has 2 aromatic carbocycles. The van der Waals surface area contributed by atoms with Crippen LogP contribution in [0.2, 0.25) is 5.02 Å². The van der Waals surface area contributed by atoms with Crippen molar-refractivity contribution in [1.29, 1.82) is 0 Å². The fraction of sp³-hybridized carbons (Fsp3) is 0.120. The highest BCUT2D eigenvalue weighted by Crippen LogP contribution is 2.40. The summed E-state index contributed by atoms with van der Waals surface area (Å²) in [5.74, 6) is -0.626. The second-order valence-corrected chi connectivity index (χ2v) is 8.14. The van der Waals surface area contributed by atoms with E-state index in [1.165, 1.54) is 18.1 Å². The van der Waals surface area contributed by atoms with Gasteiger partial charge in [0.05, 0.1) is 29.7 Å². The Bertz CT molecular complexity index is 1480. The average Bonchev–Trinajstić information content (AvgIpc) is 3.12. The van der Waals surface area contributed by atoms with Crippen LogP contribution in [-0.2, 0) is 4.74 Å². The number of esters is 1. The summed E-state index contributed by atoms with van der Waals surface area (Å²) in [5, 5.41) is 0.666. The predicted molar refractivity (Wildman–Crippen MR) is 123 cm³/mol. The molecule has 5 rings (SSSR count). The van der Waals surface area contributed by atoms with Crippen molar-refractivity contribution in [3.05, 3.63) is 104 Å². The Hall–Kier alpha value is -3.97. The van der Waals surface area contributed by atoms with Gasteiger partial charge in [-0.15, -0.1) is 0 Å². The molecule has 1 unspecified atom stereocenters. The van der Waals surface area contributed by atoms with Gasteiger partial charge in [-0.3, -0.25) is 14.5 Å². The number of pyridine rings is 1. The molecule has 3 heterocycles. The third-order valence-electron chi connectivity index (χ3n) is 5.62. The van der Waals surface area contributed by atoms with Crippen LogP contribution in [0, 0.1) is 6.92 Å². The van der Waals surface area contributed by atoms with Crippen molar-refractivity contribution in [2.24, 2.45) is 0 Å². The highest BCUT2D eigenvalue weighted by molar-refractivity contribution is 6.31. The van der Waals surface area contributed by atoms with Gasteiger partial charge in [-0.25, -0.2) is 9.78 Å². The SMILES string of the molecule is COC(=O)c1ccc(C2c3c(oc4ccc(Cl)cc4c3=O)C(=O)N2c2ccc(C)cn2)cc1. The largest absolute Gasteiger partial charge is 0.465 e. The van der Waals surface area contributed by atoms with Crippen LogP contribution in [0.15, 0.2) is 70.0 Å². The molecule has 0 radical (unpaired) electrons. The van der Waals surface area contributed by atoms with Crippen molar-refractivity contribution in [3.8, 4) is 0 Å². The molecule has 1 amide bonds. The quantitative estimate of drug-likeness (QED) is 0.412. The molecule has 1 atom stereocenters. The van der Waals surface area contributed by atoms with Crippen LogP contribution in [0.3, 0.4) is 0 Å². The van der Waals surface area contributed by atoms with E-state index in [9.17, 15) is 14.4 Å². The van der Waals surface area contributed by atoms with Crippen LogP contribution >= 0.6 is 11.6 Å². The Morgan fingerprint density at radius 1 is 1.09 bits per heavy atom. The van der Waals surface area contributed by atoms with E-state index >= 15 is 0 Å². The van der Waals surface area contributed by atoms with E-state index < -0.39 is 17.9 Å². The van der Waals surface area contributed by atoms with Gasteiger partial charge in [0, 0.05) is 11.2 Å². The van der Waals surface area contributed by atoms with E-state index in [1.54, 1.807) is 48.7 Å². The van der Waals surface area contributed by atoms with Gasteiger partial charge in [-0.2, -0.15) is 0 Å². The molecule has 2 aromatic heterocycles. The highest BCUT2D eigenvalue weighted by atomic mass is 35.5. The number of aromatic nitrogens is 1. The number of nitrogens with zero attached hydrogens (tertiary/aromatic N) is 2. The standard InChI is InChI=1S/C25H17ClN2O5/c1-13-3-10-19(27-12-13)28-21(14-4-6-15(7-5-14)25(31)32-2)20-22(29)17-11-16(26)8-9-18(17)33-23(20)24(28)30/h3-12,21H,1-2H3. The van der Waals surface area contributed by atoms with Crippen molar-refractivity contribution < 1.29 is 18.7 Å². The maximum Gasteiger partial charge on any atom is 0.337 e. The first kappa shape index (κ1) is 20.9. The second-order valence-electron chi connectivity index (χ2n) is 7.70. The molecule has 7 nitrogen and oxygen atoms in total. The summed E-state index contributed by atoms with van der Waals surface area (Å²) in [6, 6.07) is 14.0. The molecule has 8 heteroatoms. The minimum atomic E-state index is -0.797. The number of carbonyl (C=O) groups is 2. The molecule has 4 aromatic rings. The number of halogens is 1. The van der Waals surface area contributed by atoms with Gasteiger partial charge in [0.25, 0.3) is 5.91 Å². The minimum absolute atomic E-state index is 0.0424. The molecule has 0 N–H and O–H groups in total. The second kappa shape index (κ2) is 7.86. The highest BCUT2D eigenvalue weighted by Gasteiger charge is 2.44. The Labute approximate surface area is 193 Å². The zero-order valence-electron chi connectivity index (χ0n) is 17.7. The number of aryl methyl sites for hydroxylation is 1. The fourth-order valence-corrected chi connectivity index (χ4v) is 4.19.